The van der Waals surface area contributed by atoms with Crippen molar-refractivity contribution >= 4 is 27.5 Å². The summed E-state index contributed by atoms with van der Waals surface area (Å²) in [6, 6.07) is 9.64. The van der Waals surface area contributed by atoms with Crippen LogP contribution in [0, 0.1) is 0 Å². The summed E-state index contributed by atoms with van der Waals surface area (Å²) in [5, 5.41) is 3.98. The molecule has 2 aromatic rings. The van der Waals surface area contributed by atoms with Crippen molar-refractivity contribution in [3.63, 3.8) is 0 Å². The zero-order valence-electron chi connectivity index (χ0n) is 12.1. The van der Waals surface area contributed by atoms with Crippen LogP contribution < -0.4 is 10.1 Å². The summed E-state index contributed by atoms with van der Waals surface area (Å²) >= 11 is 9.49. The summed E-state index contributed by atoms with van der Waals surface area (Å²) in [7, 11) is 0. The third-order valence-corrected chi connectivity index (χ3v) is 3.86. The average Bonchev–Trinajstić information content (AvgIpc) is 2.48. The maximum absolute atomic E-state index is 6.13. The molecule has 3 nitrogen and oxygen atoms in total. The van der Waals surface area contributed by atoms with Gasteiger partial charge in [0.1, 0.15) is 5.75 Å². The summed E-state index contributed by atoms with van der Waals surface area (Å²) in [4.78, 5) is 4.33. The number of pyridine rings is 1. The van der Waals surface area contributed by atoms with E-state index >= 15 is 0 Å². The van der Waals surface area contributed by atoms with E-state index in [1.54, 1.807) is 6.07 Å². The second-order valence-corrected chi connectivity index (χ2v) is 6.11. The zero-order chi connectivity index (χ0) is 15.2. The molecule has 0 saturated carbocycles. The lowest BCUT2D eigenvalue weighted by atomic mass is 10.1. The molecular weight excluding hydrogens is 352 g/mol. The summed E-state index contributed by atoms with van der Waals surface area (Å²) in [6.45, 7) is 5.27. The first-order valence-corrected chi connectivity index (χ1v) is 8.09. The van der Waals surface area contributed by atoms with Gasteiger partial charge in [-0.3, -0.25) is 0 Å². The molecule has 5 heteroatoms. The van der Waals surface area contributed by atoms with Gasteiger partial charge >= 0.3 is 0 Å². The molecule has 1 aromatic heterocycles. The lowest BCUT2D eigenvalue weighted by molar-refractivity contribution is 0.461. The van der Waals surface area contributed by atoms with Crippen LogP contribution in [-0.2, 0) is 0 Å². The first-order valence-electron chi connectivity index (χ1n) is 6.92. The van der Waals surface area contributed by atoms with E-state index in [-0.39, 0.29) is 6.04 Å². The molecule has 0 radical (unpaired) electrons. The van der Waals surface area contributed by atoms with Gasteiger partial charge in [-0.1, -0.05) is 40.5 Å². The van der Waals surface area contributed by atoms with E-state index in [4.69, 9.17) is 16.3 Å². The number of ether oxygens (including phenoxy) is 1. The SMILES string of the molecule is CCCNC(C)c1ccc(Oc2ccc(Br)cc2Cl)nc1. The Morgan fingerprint density at radius 3 is 2.76 bits per heavy atom. The normalized spacial score (nSPS) is 12.2. The fourth-order valence-corrected chi connectivity index (χ4v) is 2.57. The predicted octanol–water partition coefficient (Wildman–Crippen LogP) is 5.35. The van der Waals surface area contributed by atoms with Crippen LogP contribution in [-0.4, -0.2) is 11.5 Å². The zero-order valence-corrected chi connectivity index (χ0v) is 14.4. The van der Waals surface area contributed by atoms with E-state index in [9.17, 15) is 0 Å². The molecule has 0 fully saturated rings. The highest BCUT2D eigenvalue weighted by Crippen LogP contribution is 2.31. The molecule has 0 aliphatic heterocycles. The fourth-order valence-electron chi connectivity index (χ4n) is 1.86. The maximum atomic E-state index is 6.13. The van der Waals surface area contributed by atoms with Gasteiger partial charge in [0.15, 0.2) is 0 Å². The minimum Gasteiger partial charge on any atom is -0.437 e. The van der Waals surface area contributed by atoms with E-state index in [0.717, 1.165) is 23.0 Å². The van der Waals surface area contributed by atoms with E-state index < -0.39 is 0 Å². The van der Waals surface area contributed by atoms with Crippen molar-refractivity contribution in [1.82, 2.24) is 10.3 Å². The van der Waals surface area contributed by atoms with Crippen molar-refractivity contribution in [2.45, 2.75) is 26.3 Å². The number of nitrogens with one attached hydrogen (secondary N) is 1. The van der Waals surface area contributed by atoms with Crippen LogP contribution >= 0.6 is 27.5 Å². The number of aromatic nitrogens is 1. The average molecular weight is 370 g/mol. The molecular formula is C16H18BrClN2O. The van der Waals surface area contributed by atoms with E-state index in [2.05, 4.69) is 40.1 Å². The van der Waals surface area contributed by atoms with E-state index in [0.29, 0.717) is 16.7 Å². The highest BCUT2D eigenvalue weighted by atomic mass is 79.9. The predicted molar refractivity (Wildman–Crippen MR) is 90.2 cm³/mol. The van der Waals surface area contributed by atoms with Gasteiger partial charge in [-0.25, -0.2) is 4.98 Å². The number of hydrogen-bond donors (Lipinski definition) is 1. The molecule has 1 N–H and O–H groups in total. The maximum Gasteiger partial charge on any atom is 0.219 e. The molecule has 1 heterocycles. The number of halogens is 2. The minimum absolute atomic E-state index is 0.280. The van der Waals surface area contributed by atoms with Gasteiger partial charge in [0.05, 0.1) is 5.02 Å². The summed E-state index contributed by atoms with van der Waals surface area (Å²) < 4.78 is 6.61. The van der Waals surface area contributed by atoms with Crippen LogP contribution in [0.4, 0.5) is 0 Å². The van der Waals surface area contributed by atoms with Crippen molar-refractivity contribution in [2.24, 2.45) is 0 Å². The Bertz CT molecular complexity index is 589. The molecule has 1 atom stereocenters. The molecule has 21 heavy (non-hydrogen) atoms. The highest BCUT2D eigenvalue weighted by molar-refractivity contribution is 9.10. The van der Waals surface area contributed by atoms with Gasteiger partial charge in [0.25, 0.3) is 0 Å². The topological polar surface area (TPSA) is 34.1 Å². The van der Waals surface area contributed by atoms with Crippen LogP contribution in [0.3, 0.4) is 0 Å². The largest absolute Gasteiger partial charge is 0.437 e. The van der Waals surface area contributed by atoms with Crippen LogP contribution in [0.1, 0.15) is 31.9 Å². The van der Waals surface area contributed by atoms with Crippen molar-refractivity contribution in [3.8, 4) is 11.6 Å². The molecule has 0 aliphatic rings. The standard InChI is InChI=1S/C16H18BrClN2O/c1-3-8-19-11(2)12-4-7-16(20-10-12)21-15-6-5-13(17)9-14(15)18/h4-7,9-11,19H,3,8H2,1-2H3. The minimum atomic E-state index is 0.280. The second-order valence-electron chi connectivity index (χ2n) is 4.78. The Kier molecular flexibility index (Phi) is 6.03. The Morgan fingerprint density at radius 1 is 1.33 bits per heavy atom. The molecule has 0 amide bonds. The van der Waals surface area contributed by atoms with E-state index in [1.165, 1.54) is 0 Å². The van der Waals surface area contributed by atoms with Crippen LogP contribution in [0.15, 0.2) is 41.0 Å². The number of nitrogens with zero attached hydrogens (tertiary/aromatic N) is 1. The molecule has 0 aliphatic carbocycles. The van der Waals surface area contributed by atoms with Crippen LogP contribution in [0.2, 0.25) is 5.02 Å². The van der Waals surface area contributed by atoms with Gasteiger partial charge in [0.2, 0.25) is 5.88 Å². The molecule has 0 spiro atoms. The van der Waals surface area contributed by atoms with E-state index in [1.807, 2.05) is 30.5 Å². The summed E-state index contributed by atoms with van der Waals surface area (Å²) in [6.07, 6.45) is 2.94. The highest BCUT2D eigenvalue weighted by Gasteiger charge is 2.07. The molecule has 2 rings (SSSR count). The Balaban J connectivity index is 2.05. The summed E-state index contributed by atoms with van der Waals surface area (Å²) in [5.74, 6) is 1.13. The van der Waals surface area contributed by atoms with Crippen molar-refractivity contribution in [1.29, 1.82) is 0 Å². The van der Waals surface area contributed by atoms with Crippen molar-refractivity contribution < 1.29 is 4.74 Å². The number of hydrogen-bond acceptors (Lipinski definition) is 3. The number of benzene rings is 1. The third kappa shape index (κ3) is 4.70. The van der Waals surface area contributed by atoms with Crippen LogP contribution in [0.5, 0.6) is 11.6 Å². The third-order valence-electron chi connectivity index (χ3n) is 3.07. The van der Waals surface area contributed by atoms with Gasteiger partial charge in [-0.2, -0.15) is 0 Å². The number of rotatable bonds is 6. The first-order chi connectivity index (χ1) is 10.1. The van der Waals surface area contributed by atoms with Gasteiger partial charge in [0, 0.05) is 22.8 Å². The lowest BCUT2D eigenvalue weighted by Gasteiger charge is -2.13. The van der Waals surface area contributed by atoms with Crippen molar-refractivity contribution in [2.75, 3.05) is 6.54 Å². The first kappa shape index (κ1) is 16.3. The second kappa shape index (κ2) is 7.78. The lowest BCUT2D eigenvalue weighted by Crippen LogP contribution is -2.19. The van der Waals surface area contributed by atoms with Crippen LogP contribution in [0.25, 0.3) is 0 Å². The molecule has 0 saturated heterocycles. The Hall–Kier alpha value is -1.10. The monoisotopic (exact) mass is 368 g/mol. The fraction of sp³-hybridized carbons (Fsp3) is 0.312. The molecule has 112 valence electrons. The van der Waals surface area contributed by atoms with Gasteiger partial charge in [-0.15, -0.1) is 0 Å². The quantitative estimate of drug-likeness (QED) is 0.745. The van der Waals surface area contributed by atoms with Gasteiger partial charge < -0.3 is 10.1 Å². The molecule has 1 unspecified atom stereocenters. The Labute approximate surface area is 138 Å². The summed E-state index contributed by atoms with van der Waals surface area (Å²) in [5.41, 5.74) is 1.14. The molecule has 0 bridgehead atoms. The van der Waals surface area contributed by atoms with Crippen molar-refractivity contribution in [3.05, 3.63) is 51.6 Å². The smallest absolute Gasteiger partial charge is 0.219 e. The Morgan fingerprint density at radius 2 is 2.14 bits per heavy atom. The van der Waals surface area contributed by atoms with Gasteiger partial charge in [-0.05, 0) is 43.7 Å². The molecule has 1 aromatic carbocycles.